The fourth-order valence-electron chi connectivity index (χ4n) is 1.97. The topological polar surface area (TPSA) is 71.4 Å². The number of rotatable bonds is 6. The molecule has 0 aliphatic rings. The Morgan fingerprint density at radius 1 is 1.35 bits per heavy atom. The second-order valence-corrected chi connectivity index (χ2v) is 6.48. The molecule has 0 unspecified atom stereocenters. The Kier molecular flexibility index (Phi) is 5.21. The van der Waals surface area contributed by atoms with Gasteiger partial charge >= 0.3 is 5.97 Å². The third-order valence-corrected chi connectivity index (χ3v) is 4.97. The van der Waals surface area contributed by atoms with Crippen LogP contribution in [0.15, 0.2) is 17.0 Å². The van der Waals surface area contributed by atoms with E-state index in [4.69, 9.17) is 5.11 Å². The van der Waals surface area contributed by atoms with Gasteiger partial charge in [-0.25, -0.2) is 22.0 Å². The minimum absolute atomic E-state index is 0.133. The van der Waals surface area contributed by atoms with Crippen molar-refractivity contribution in [1.82, 2.24) is 0 Å². The monoisotopic (exact) mass is 306 g/mol. The summed E-state index contributed by atoms with van der Waals surface area (Å²) in [6.45, 7) is 3.03. The average Bonchev–Trinajstić information content (AvgIpc) is 2.35. The van der Waals surface area contributed by atoms with Gasteiger partial charge in [-0.1, -0.05) is 19.4 Å². The first-order valence-electron chi connectivity index (χ1n) is 6.10. The van der Waals surface area contributed by atoms with E-state index in [1.165, 1.54) is 6.92 Å². The minimum Gasteiger partial charge on any atom is -0.478 e. The zero-order valence-electron chi connectivity index (χ0n) is 11.2. The second kappa shape index (κ2) is 6.30. The maximum atomic E-state index is 13.0. The third kappa shape index (κ3) is 3.33. The summed E-state index contributed by atoms with van der Waals surface area (Å²) in [5.74, 6) is -1.61. The highest BCUT2D eigenvalue weighted by Gasteiger charge is 2.28. The number of carboxylic acids is 1. The van der Waals surface area contributed by atoms with Gasteiger partial charge in [-0.15, -0.1) is 0 Å². The van der Waals surface area contributed by atoms with Crippen molar-refractivity contribution in [3.05, 3.63) is 28.8 Å². The predicted octanol–water partition coefficient (Wildman–Crippen LogP) is 3.20. The van der Waals surface area contributed by atoms with Gasteiger partial charge < -0.3 is 5.11 Å². The predicted molar refractivity (Wildman–Crippen MR) is 70.1 cm³/mol. The van der Waals surface area contributed by atoms with Gasteiger partial charge in [0.25, 0.3) is 6.43 Å². The van der Waals surface area contributed by atoms with E-state index in [2.05, 4.69) is 0 Å². The molecule has 112 valence electrons. The van der Waals surface area contributed by atoms with Crippen LogP contribution in [-0.2, 0) is 9.84 Å². The Bertz CT molecular complexity index is 609. The van der Waals surface area contributed by atoms with E-state index < -0.39 is 32.7 Å². The Labute approximate surface area is 116 Å². The largest absolute Gasteiger partial charge is 0.478 e. The van der Waals surface area contributed by atoms with Crippen LogP contribution in [0.2, 0.25) is 0 Å². The lowest BCUT2D eigenvalue weighted by Crippen LogP contribution is -2.14. The Balaban J connectivity index is 3.55. The molecule has 1 aromatic carbocycles. The van der Waals surface area contributed by atoms with Gasteiger partial charge in [0.2, 0.25) is 0 Å². The van der Waals surface area contributed by atoms with Crippen molar-refractivity contribution in [2.75, 3.05) is 5.75 Å². The highest BCUT2D eigenvalue weighted by molar-refractivity contribution is 7.91. The average molecular weight is 306 g/mol. The molecule has 20 heavy (non-hydrogen) atoms. The van der Waals surface area contributed by atoms with Crippen LogP contribution >= 0.6 is 0 Å². The standard InChI is InChI=1S/C13H16F2O4S/c1-3-4-7-20(18,19)11-8(2)9(13(16)17)5-6-10(11)12(14)15/h5-6,12H,3-4,7H2,1-2H3,(H,16,17). The Morgan fingerprint density at radius 2 is 1.95 bits per heavy atom. The number of carbonyl (C=O) groups is 1. The van der Waals surface area contributed by atoms with E-state index in [0.717, 1.165) is 12.1 Å². The summed E-state index contributed by atoms with van der Waals surface area (Å²) in [5.41, 5.74) is -1.04. The van der Waals surface area contributed by atoms with E-state index in [1.54, 1.807) is 6.92 Å². The van der Waals surface area contributed by atoms with Crippen molar-refractivity contribution < 1.29 is 27.1 Å². The molecule has 0 aliphatic carbocycles. The van der Waals surface area contributed by atoms with Crippen LogP contribution in [0.4, 0.5) is 8.78 Å². The van der Waals surface area contributed by atoms with Crippen molar-refractivity contribution >= 4 is 15.8 Å². The number of alkyl halides is 2. The number of aromatic carboxylic acids is 1. The fourth-order valence-corrected chi connectivity index (χ4v) is 3.93. The minimum atomic E-state index is -3.93. The highest BCUT2D eigenvalue weighted by Crippen LogP contribution is 2.32. The normalized spacial score (nSPS) is 11.8. The van der Waals surface area contributed by atoms with E-state index in [-0.39, 0.29) is 16.9 Å². The summed E-state index contributed by atoms with van der Waals surface area (Å²) in [7, 11) is -3.93. The van der Waals surface area contributed by atoms with Crippen LogP contribution in [0.3, 0.4) is 0 Å². The van der Waals surface area contributed by atoms with Crippen LogP contribution in [-0.4, -0.2) is 25.2 Å². The Hall–Kier alpha value is -1.50. The first-order chi connectivity index (χ1) is 9.22. The van der Waals surface area contributed by atoms with Crippen LogP contribution in [0, 0.1) is 6.92 Å². The molecule has 0 aliphatic heterocycles. The zero-order chi connectivity index (χ0) is 15.5. The van der Waals surface area contributed by atoms with E-state index in [0.29, 0.717) is 12.8 Å². The first kappa shape index (κ1) is 16.6. The first-order valence-corrected chi connectivity index (χ1v) is 7.75. The number of sulfone groups is 1. The molecule has 0 spiro atoms. The van der Waals surface area contributed by atoms with Gasteiger partial charge in [-0.2, -0.15) is 0 Å². The number of benzene rings is 1. The summed E-state index contributed by atoms with van der Waals surface area (Å²) in [6.07, 6.45) is -2.04. The molecule has 1 N–H and O–H groups in total. The van der Waals surface area contributed by atoms with Crippen molar-refractivity contribution in [2.45, 2.75) is 38.0 Å². The van der Waals surface area contributed by atoms with Crippen LogP contribution in [0.1, 0.15) is 47.7 Å². The van der Waals surface area contributed by atoms with Gasteiger partial charge in [0.05, 0.1) is 16.2 Å². The smallest absolute Gasteiger partial charge is 0.335 e. The summed E-state index contributed by atoms with van der Waals surface area (Å²) in [6, 6.07) is 1.89. The van der Waals surface area contributed by atoms with E-state index >= 15 is 0 Å². The molecule has 4 nitrogen and oxygen atoms in total. The van der Waals surface area contributed by atoms with Crippen molar-refractivity contribution in [3.63, 3.8) is 0 Å². The lowest BCUT2D eigenvalue weighted by atomic mass is 10.1. The maximum absolute atomic E-state index is 13.0. The molecule has 0 aromatic heterocycles. The van der Waals surface area contributed by atoms with E-state index in [9.17, 15) is 22.0 Å². The molecular formula is C13H16F2O4S. The van der Waals surface area contributed by atoms with Gasteiger partial charge in [-0.05, 0) is 25.0 Å². The van der Waals surface area contributed by atoms with Gasteiger partial charge in [0.1, 0.15) is 0 Å². The molecule has 0 bridgehead atoms. The second-order valence-electron chi connectivity index (χ2n) is 4.43. The summed E-state index contributed by atoms with van der Waals surface area (Å²) in [4.78, 5) is 10.5. The van der Waals surface area contributed by atoms with Crippen LogP contribution in [0.25, 0.3) is 0 Å². The number of hydrogen-bond donors (Lipinski definition) is 1. The van der Waals surface area contributed by atoms with Crippen molar-refractivity contribution in [1.29, 1.82) is 0 Å². The number of halogens is 2. The molecule has 0 saturated carbocycles. The molecule has 0 amide bonds. The molecule has 1 aromatic rings. The lowest BCUT2D eigenvalue weighted by molar-refractivity contribution is 0.0695. The zero-order valence-corrected chi connectivity index (χ0v) is 12.0. The van der Waals surface area contributed by atoms with E-state index in [1.807, 2.05) is 0 Å². The third-order valence-electron chi connectivity index (χ3n) is 2.98. The molecule has 0 atom stereocenters. The summed E-state index contributed by atoms with van der Waals surface area (Å²) in [5, 5.41) is 8.98. The number of hydrogen-bond acceptors (Lipinski definition) is 3. The van der Waals surface area contributed by atoms with Gasteiger partial charge in [-0.3, -0.25) is 0 Å². The van der Waals surface area contributed by atoms with Crippen molar-refractivity contribution in [2.24, 2.45) is 0 Å². The molecule has 1 rings (SSSR count). The summed E-state index contributed by atoms with van der Waals surface area (Å²) < 4.78 is 50.3. The molecule has 7 heteroatoms. The van der Waals surface area contributed by atoms with Crippen LogP contribution in [0.5, 0.6) is 0 Å². The number of carboxylic acid groups (broad SMARTS) is 1. The Morgan fingerprint density at radius 3 is 2.40 bits per heavy atom. The molecular weight excluding hydrogens is 290 g/mol. The number of unbranched alkanes of at least 4 members (excludes halogenated alkanes) is 1. The van der Waals surface area contributed by atoms with Gasteiger partial charge in [0, 0.05) is 5.56 Å². The highest BCUT2D eigenvalue weighted by atomic mass is 32.2. The lowest BCUT2D eigenvalue weighted by Gasteiger charge is -2.14. The van der Waals surface area contributed by atoms with Crippen LogP contribution < -0.4 is 0 Å². The maximum Gasteiger partial charge on any atom is 0.335 e. The SMILES string of the molecule is CCCCS(=O)(=O)c1c(C(F)F)ccc(C(=O)O)c1C. The quantitative estimate of drug-likeness (QED) is 0.876. The molecule has 0 radical (unpaired) electrons. The molecule has 0 heterocycles. The summed E-state index contributed by atoms with van der Waals surface area (Å²) >= 11 is 0. The molecule has 0 saturated heterocycles. The van der Waals surface area contributed by atoms with Gasteiger partial charge in [0.15, 0.2) is 9.84 Å². The molecule has 0 fully saturated rings. The fraction of sp³-hybridized carbons (Fsp3) is 0.462. The van der Waals surface area contributed by atoms with Crippen molar-refractivity contribution in [3.8, 4) is 0 Å².